The number of nitrogens with one attached hydrogen (secondary N) is 1. The molecule has 1 aromatic carbocycles. The maximum Gasteiger partial charge on any atom is 1.00 e. The molecule has 0 aliphatic rings. The number of aromatic nitrogens is 2. The molecule has 0 saturated carbocycles. The topological polar surface area (TPSA) is 139 Å². The van der Waals surface area contributed by atoms with E-state index in [1.54, 1.807) is 26.8 Å². The number of esters is 1. The van der Waals surface area contributed by atoms with Crippen molar-refractivity contribution in [3.63, 3.8) is 0 Å². The van der Waals surface area contributed by atoms with Gasteiger partial charge in [-0.2, -0.15) is 8.42 Å². The van der Waals surface area contributed by atoms with Crippen molar-refractivity contribution in [3.8, 4) is 5.75 Å². The molecule has 12 heteroatoms. The van der Waals surface area contributed by atoms with Crippen LogP contribution in [-0.2, 0) is 15.0 Å². The molecule has 10 nitrogen and oxygen atoms in total. The predicted octanol–water partition coefficient (Wildman–Crippen LogP) is -0.496. The Morgan fingerprint density at radius 1 is 1.14 bits per heavy atom. The fourth-order valence-electron chi connectivity index (χ4n) is 2.03. The summed E-state index contributed by atoms with van der Waals surface area (Å²) >= 11 is 0. The summed E-state index contributed by atoms with van der Waals surface area (Å²) in [7, 11) is -4.62. The number of nitrogens with zero attached hydrogens (tertiary/aromatic N) is 3. The van der Waals surface area contributed by atoms with Gasteiger partial charge in [0.2, 0.25) is 0 Å². The summed E-state index contributed by atoms with van der Waals surface area (Å²) in [6.45, 7) is 5.19. The maximum absolute atomic E-state index is 11.9. The molecule has 0 aliphatic carbocycles. The number of carbonyl (C=O) groups is 2. The van der Waals surface area contributed by atoms with Gasteiger partial charge >= 0.3 is 45.8 Å². The predicted molar refractivity (Wildman–Crippen MR) is 95.8 cm³/mol. The van der Waals surface area contributed by atoms with Gasteiger partial charge in [-0.25, -0.2) is 14.8 Å². The molecule has 0 spiro atoms. The molecule has 1 N–H and O–H groups in total. The number of hydrogen-bond acceptors (Lipinski definition) is 8. The average Bonchev–Trinajstić information content (AvgIpc) is 2.53. The smallest absolute Gasteiger partial charge is 0.462 e. The van der Waals surface area contributed by atoms with E-state index < -0.39 is 22.3 Å². The third kappa shape index (κ3) is 7.43. The van der Waals surface area contributed by atoms with Crippen molar-refractivity contribution >= 4 is 28.3 Å². The van der Waals surface area contributed by atoms with Crippen molar-refractivity contribution in [2.24, 2.45) is 0 Å². The molecule has 144 valence electrons. The van der Waals surface area contributed by atoms with E-state index in [-0.39, 0.29) is 53.4 Å². The quantitative estimate of drug-likeness (QED) is 0.491. The van der Waals surface area contributed by atoms with Crippen LogP contribution in [0.2, 0.25) is 0 Å². The van der Waals surface area contributed by atoms with Gasteiger partial charge in [-0.05, 0) is 45.0 Å². The van der Waals surface area contributed by atoms with E-state index in [4.69, 9.17) is 8.92 Å². The summed E-state index contributed by atoms with van der Waals surface area (Å²) in [6, 6.07) is 5.75. The third-order valence-corrected chi connectivity index (χ3v) is 3.73. The number of ether oxygens (including phenoxy) is 1. The van der Waals surface area contributed by atoms with Crippen LogP contribution in [0.4, 0.5) is 10.7 Å². The van der Waals surface area contributed by atoms with E-state index in [1.807, 2.05) is 0 Å². The molecule has 0 fully saturated rings. The van der Waals surface area contributed by atoms with Gasteiger partial charge in [0, 0.05) is 11.4 Å². The zero-order chi connectivity index (χ0) is 20.0. The van der Waals surface area contributed by atoms with Crippen LogP contribution in [0.3, 0.4) is 0 Å². The van der Waals surface area contributed by atoms with E-state index in [2.05, 4.69) is 20.0 Å². The number of benzene rings is 1. The second-order valence-electron chi connectivity index (χ2n) is 5.26. The number of carbonyl (C=O) groups excluding carboxylic acids is 2. The molecule has 0 aliphatic heterocycles. The van der Waals surface area contributed by atoms with Crippen LogP contribution in [0.25, 0.3) is 4.72 Å². The van der Waals surface area contributed by atoms with Crippen LogP contribution >= 0.6 is 0 Å². The minimum atomic E-state index is -4.62. The molecule has 2 rings (SSSR count). The third-order valence-electron chi connectivity index (χ3n) is 2.94. The summed E-state index contributed by atoms with van der Waals surface area (Å²) in [6.07, 6.45) is 0. The van der Waals surface area contributed by atoms with Crippen LogP contribution in [-0.4, -0.2) is 37.0 Å². The first-order valence-corrected chi connectivity index (χ1v) is 9.13. The molecule has 0 saturated heterocycles. The molecule has 2 amide bonds. The van der Waals surface area contributed by atoms with Crippen molar-refractivity contribution in [1.29, 1.82) is 0 Å². The van der Waals surface area contributed by atoms with Gasteiger partial charge in [-0.15, -0.1) is 0 Å². The standard InChI is InChI=1S/C16H18N4O6S.Na/c1-4-25-14(21)12-6-5-7-13(9-12)26-27(23,24)20-16(22)19-15-17-10(2)8-11(3)18-15;/h5-9H,4H2,1-3H3,(H2,17,18,19,20,22);/q;+1/p-1. The van der Waals surface area contributed by atoms with Gasteiger partial charge in [0.05, 0.1) is 12.2 Å². The minimum Gasteiger partial charge on any atom is -0.462 e. The van der Waals surface area contributed by atoms with Crippen molar-refractivity contribution in [3.05, 3.63) is 52.0 Å². The zero-order valence-corrected chi connectivity index (χ0v) is 18.6. The second kappa shape index (κ2) is 10.4. The summed E-state index contributed by atoms with van der Waals surface area (Å²) in [5, 5.41) is 2.15. The van der Waals surface area contributed by atoms with Gasteiger partial charge in [0.15, 0.2) is 6.03 Å². The Hall–Kier alpha value is -2.21. The summed E-state index contributed by atoms with van der Waals surface area (Å²) in [5.41, 5.74) is 1.28. The van der Waals surface area contributed by atoms with Crippen LogP contribution in [0.15, 0.2) is 30.3 Å². The molecule has 1 aromatic heterocycles. The molecule has 0 radical (unpaired) electrons. The second-order valence-corrected chi connectivity index (χ2v) is 6.46. The fourth-order valence-corrected chi connectivity index (χ4v) is 2.66. The van der Waals surface area contributed by atoms with Gasteiger partial charge in [-0.3, -0.25) is 9.52 Å². The molecule has 0 bridgehead atoms. The first-order chi connectivity index (χ1) is 12.7. The number of anilines is 1. The van der Waals surface area contributed by atoms with Crippen LogP contribution < -0.4 is 39.1 Å². The number of aryl methyl sites for hydroxylation is 2. The summed E-state index contributed by atoms with van der Waals surface area (Å²) in [5.74, 6) is -0.914. The molecule has 28 heavy (non-hydrogen) atoms. The largest absolute Gasteiger partial charge is 1.00 e. The molecule has 2 aromatic rings. The zero-order valence-electron chi connectivity index (χ0n) is 15.8. The van der Waals surface area contributed by atoms with Crippen LogP contribution in [0.5, 0.6) is 5.75 Å². The van der Waals surface area contributed by atoms with Gasteiger partial charge in [0.1, 0.15) is 11.7 Å². The Morgan fingerprint density at radius 2 is 1.79 bits per heavy atom. The van der Waals surface area contributed by atoms with E-state index in [9.17, 15) is 18.0 Å². The molecule has 0 unspecified atom stereocenters. The van der Waals surface area contributed by atoms with Gasteiger partial charge in [0.25, 0.3) is 0 Å². The Morgan fingerprint density at radius 3 is 2.39 bits per heavy atom. The van der Waals surface area contributed by atoms with Crippen LogP contribution in [0.1, 0.15) is 28.7 Å². The van der Waals surface area contributed by atoms with Crippen molar-refractivity contribution < 1.29 is 56.5 Å². The van der Waals surface area contributed by atoms with Gasteiger partial charge in [-0.1, -0.05) is 6.07 Å². The van der Waals surface area contributed by atoms with Crippen molar-refractivity contribution in [2.45, 2.75) is 20.8 Å². The maximum atomic E-state index is 11.9. The monoisotopic (exact) mass is 416 g/mol. The fraction of sp³-hybridized carbons (Fsp3) is 0.250. The van der Waals surface area contributed by atoms with Crippen molar-refractivity contribution in [2.75, 3.05) is 11.9 Å². The van der Waals surface area contributed by atoms with E-state index in [0.29, 0.717) is 11.4 Å². The Labute approximate surface area is 184 Å². The summed E-state index contributed by atoms with van der Waals surface area (Å²) in [4.78, 5) is 31.4. The number of rotatable bonds is 6. The Bertz CT molecular complexity index is 947. The SMILES string of the molecule is CCOC(=O)c1cccc(OS(=O)(=O)[N-]C(=O)Nc2nc(C)cc(C)n2)c1.[Na+]. The number of hydrogen-bond donors (Lipinski definition) is 1. The molecular formula is C16H17N4NaO6S. The van der Waals surface area contributed by atoms with E-state index >= 15 is 0 Å². The Kier molecular flexibility index (Phi) is 8.82. The van der Waals surface area contributed by atoms with Crippen molar-refractivity contribution in [1.82, 2.24) is 9.97 Å². The van der Waals surface area contributed by atoms with E-state index in [1.165, 1.54) is 18.2 Å². The van der Waals surface area contributed by atoms with Gasteiger partial charge < -0.3 is 14.2 Å². The van der Waals surface area contributed by atoms with E-state index in [0.717, 1.165) is 6.07 Å². The first kappa shape index (κ1) is 23.8. The Balaban J connectivity index is 0.00000392. The molecular weight excluding hydrogens is 399 g/mol. The number of amides is 2. The average molecular weight is 416 g/mol. The minimum absolute atomic E-state index is 0. The molecule has 1 heterocycles. The molecule has 0 atom stereocenters. The summed E-state index contributed by atoms with van der Waals surface area (Å²) < 4.78 is 36.4. The first-order valence-electron chi connectivity index (χ1n) is 7.76. The number of urea groups is 1. The normalized spacial score (nSPS) is 10.4. The van der Waals surface area contributed by atoms with Crippen LogP contribution in [0, 0.1) is 13.8 Å².